The van der Waals surface area contributed by atoms with Gasteiger partial charge in [0.2, 0.25) is 15.9 Å². The third kappa shape index (κ3) is 5.25. The summed E-state index contributed by atoms with van der Waals surface area (Å²) in [5.74, 6) is 0.467. The minimum absolute atomic E-state index is 0.0296. The Hall–Kier alpha value is -3.74. The van der Waals surface area contributed by atoms with Crippen LogP contribution in [-0.2, 0) is 34.3 Å². The molecule has 174 valence electrons. The number of carbonyl (C=O) groups excluding carboxylic acids is 1. The van der Waals surface area contributed by atoms with Crippen molar-refractivity contribution in [3.05, 3.63) is 89.1 Å². The van der Waals surface area contributed by atoms with E-state index in [4.69, 9.17) is 5.26 Å². The zero-order valence-corrected chi connectivity index (χ0v) is 19.6. The normalized spacial score (nSPS) is 13.3. The third-order valence-electron chi connectivity index (χ3n) is 5.81. The molecule has 8 nitrogen and oxygen atoms in total. The van der Waals surface area contributed by atoms with Crippen LogP contribution in [0.15, 0.2) is 71.8 Å². The van der Waals surface area contributed by atoms with Gasteiger partial charge in [-0.05, 0) is 53.4 Å². The van der Waals surface area contributed by atoms with Crippen molar-refractivity contribution in [3.63, 3.8) is 0 Å². The van der Waals surface area contributed by atoms with Crippen LogP contribution < -0.4 is 10.2 Å². The lowest BCUT2D eigenvalue weighted by molar-refractivity contribution is -0.121. The van der Waals surface area contributed by atoms with Gasteiger partial charge in [-0.3, -0.25) is 4.79 Å². The Morgan fingerprint density at radius 3 is 2.53 bits per heavy atom. The molecule has 1 amide bonds. The molecule has 2 heterocycles. The van der Waals surface area contributed by atoms with Gasteiger partial charge >= 0.3 is 0 Å². The molecule has 1 N–H and O–H groups in total. The summed E-state index contributed by atoms with van der Waals surface area (Å²) in [5.41, 5.74) is 3.88. The van der Waals surface area contributed by atoms with Crippen molar-refractivity contribution < 1.29 is 13.2 Å². The molecule has 0 saturated heterocycles. The molecule has 0 saturated carbocycles. The van der Waals surface area contributed by atoms with Crippen molar-refractivity contribution >= 4 is 21.7 Å². The molecular formula is C25H25N5O3S. The molecule has 0 bridgehead atoms. The van der Waals surface area contributed by atoms with Crippen molar-refractivity contribution in [2.45, 2.75) is 24.4 Å². The molecule has 1 aliphatic heterocycles. The molecular weight excluding hydrogens is 450 g/mol. The zero-order chi connectivity index (χ0) is 24.1. The van der Waals surface area contributed by atoms with E-state index in [1.165, 1.54) is 42.4 Å². The largest absolute Gasteiger partial charge is 0.352 e. The minimum atomic E-state index is -3.84. The van der Waals surface area contributed by atoms with E-state index in [1.807, 2.05) is 18.2 Å². The number of benzene rings is 2. The number of nitriles is 1. The second-order valence-electron chi connectivity index (χ2n) is 8.14. The van der Waals surface area contributed by atoms with Crippen molar-refractivity contribution in [1.29, 1.82) is 5.26 Å². The van der Waals surface area contributed by atoms with E-state index in [9.17, 15) is 13.2 Å². The topological polar surface area (TPSA) is 106 Å². The first kappa shape index (κ1) is 23.4. The monoisotopic (exact) mass is 475 g/mol. The van der Waals surface area contributed by atoms with E-state index < -0.39 is 15.9 Å². The average molecular weight is 476 g/mol. The molecule has 34 heavy (non-hydrogen) atoms. The fourth-order valence-corrected chi connectivity index (χ4v) is 4.95. The van der Waals surface area contributed by atoms with E-state index in [2.05, 4.69) is 39.5 Å². The van der Waals surface area contributed by atoms with Crippen LogP contribution in [0.4, 0.5) is 5.82 Å². The van der Waals surface area contributed by atoms with Gasteiger partial charge in [0.1, 0.15) is 5.82 Å². The molecule has 0 atom stereocenters. The Morgan fingerprint density at radius 2 is 1.85 bits per heavy atom. The van der Waals surface area contributed by atoms with Gasteiger partial charge in [-0.1, -0.05) is 30.3 Å². The van der Waals surface area contributed by atoms with Crippen LogP contribution in [0.2, 0.25) is 0 Å². The van der Waals surface area contributed by atoms with Crippen LogP contribution in [0.3, 0.4) is 0 Å². The molecule has 2 aromatic carbocycles. The quantitative estimate of drug-likeness (QED) is 0.563. The van der Waals surface area contributed by atoms with Crippen molar-refractivity contribution in [3.8, 4) is 6.07 Å². The van der Waals surface area contributed by atoms with Crippen LogP contribution in [0.1, 0.15) is 22.3 Å². The van der Waals surface area contributed by atoms with Crippen LogP contribution in [0.25, 0.3) is 0 Å². The summed E-state index contributed by atoms with van der Waals surface area (Å²) in [6, 6.07) is 19.8. The molecule has 9 heteroatoms. The Morgan fingerprint density at radius 1 is 1.12 bits per heavy atom. The predicted molar refractivity (Wildman–Crippen MR) is 128 cm³/mol. The molecule has 0 spiro atoms. The molecule has 4 rings (SSSR count). The van der Waals surface area contributed by atoms with E-state index in [-0.39, 0.29) is 18.0 Å². The first-order valence-electron chi connectivity index (χ1n) is 10.9. The van der Waals surface area contributed by atoms with Crippen LogP contribution >= 0.6 is 0 Å². The summed E-state index contributed by atoms with van der Waals surface area (Å²) in [4.78, 5) is 19.2. The number of nitrogens with one attached hydrogen (secondary N) is 1. The number of likely N-dealkylation sites (N-methyl/N-ethyl adjacent to an activating group) is 1. The highest BCUT2D eigenvalue weighted by Gasteiger charge is 2.23. The smallest absolute Gasteiger partial charge is 0.243 e. The van der Waals surface area contributed by atoms with Crippen LogP contribution in [0, 0.1) is 11.3 Å². The summed E-state index contributed by atoms with van der Waals surface area (Å²) in [5, 5.41) is 11.6. The Kier molecular flexibility index (Phi) is 6.91. The SMILES string of the molecule is CN(CC(=O)NCc1ccc(N2CCc3ccccc3C2)nc1)S(=O)(=O)c1ccc(C#N)cc1. The average Bonchev–Trinajstić information content (AvgIpc) is 2.87. The highest BCUT2D eigenvalue weighted by molar-refractivity contribution is 7.89. The lowest BCUT2D eigenvalue weighted by atomic mass is 10.00. The number of sulfonamides is 1. The Balaban J connectivity index is 1.30. The Labute approximate surface area is 199 Å². The first-order chi connectivity index (χ1) is 16.4. The predicted octanol–water partition coefficient (Wildman–Crippen LogP) is 2.45. The molecule has 3 aromatic rings. The zero-order valence-electron chi connectivity index (χ0n) is 18.8. The van der Waals surface area contributed by atoms with Crippen molar-refractivity contribution in [2.75, 3.05) is 25.0 Å². The number of amides is 1. The van der Waals surface area contributed by atoms with Gasteiger partial charge in [0.15, 0.2) is 0 Å². The Bertz CT molecular complexity index is 1320. The van der Waals surface area contributed by atoms with Gasteiger partial charge < -0.3 is 10.2 Å². The second kappa shape index (κ2) is 10.0. The van der Waals surface area contributed by atoms with Gasteiger partial charge in [0.05, 0.1) is 23.1 Å². The molecule has 0 radical (unpaired) electrons. The van der Waals surface area contributed by atoms with Gasteiger partial charge in [-0.15, -0.1) is 0 Å². The highest BCUT2D eigenvalue weighted by Crippen LogP contribution is 2.23. The summed E-state index contributed by atoms with van der Waals surface area (Å²) in [6.45, 7) is 1.65. The van der Waals surface area contributed by atoms with E-state index in [1.54, 1.807) is 6.20 Å². The minimum Gasteiger partial charge on any atom is -0.352 e. The van der Waals surface area contributed by atoms with E-state index in [0.717, 1.165) is 35.2 Å². The van der Waals surface area contributed by atoms with Crippen molar-refractivity contribution in [1.82, 2.24) is 14.6 Å². The summed E-state index contributed by atoms with van der Waals surface area (Å²) >= 11 is 0. The number of carbonyl (C=O) groups is 1. The molecule has 1 aliphatic rings. The highest BCUT2D eigenvalue weighted by atomic mass is 32.2. The molecule has 1 aromatic heterocycles. The summed E-state index contributed by atoms with van der Waals surface area (Å²) in [7, 11) is -2.49. The fraction of sp³-hybridized carbons (Fsp3) is 0.240. The van der Waals surface area contributed by atoms with Crippen molar-refractivity contribution in [2.24, 2.45) is 0 Å². The lowest BCUT2D eigenvalue weighted by Gasteiger charge is -2.29. The maximum absolute atomic E-state index is 12.7. The number of nitrogens with zero attached hydrogens (tertiary/aromatic N) is 4. The maximum Gasteiger partial charge on any atom is 0.243 e. The molecule has 0 unspecified atom stereocenters. The fourth-order valence-electron chi connectivity index (χ4n) is 3.82. The molecule has 0 aliphatic carbocycles. The first-order valence-corrected chi connectivity index (χ1v) is 12.3. The van der Waals surface area contributed by atoms with E-state index >= 15 is 0 Å². The van der Waals surface area contributed by atoms with Gasteiger partial charge in [-0.2, -0.15) is 9.57 Å². The van der Waals surface area contributed by atoms with Crippen LogP contribution in [0.5, 0.6) is 0 Å². The second-order valence-corrected chi connectivity index (χ2v) is 10.2. The number of anilines is 1. The number of rotatable bonds is 7. The van der Waals surface area contributed by atoms with Gasteiger partial charge in [0.25, 0.3) is 0 Å². The lowest BCUT2D eigenvalue weighted by Crippen LogP contribution is -2.38. The maximum atomic E-state index is 12.7. The van der Waals surface area contributed by atoms with Gasteiger partial charge in [-0.25, -0.2) is 13.4 Å². The molecule has 0 fully saturated rings. The summed E-state index contributed by atoms with van der Waals surface area (Å²) in [6.07, 6.45) is 2.71. The standard InChI is InChI=1S/C25H25N5O3S/c1-29(34(32,33)23-9-6-19(14-26)7-10-23)18-25(31)28-16-20-8-11-24(27-15-20)30-13-12-21-4-2-3-5-22(21)17-30/h2-11,15H,12-13,16-18H2,1H3,(H,28,31). The van der Waals surface area contributed by atoms with Crippen LogP contribution in [-0.4, -0.2) is 43.8 Å². The van der Waals surface area contributed by atoms with Gasteiger partial charge in [0, 0.05) is 32.9 Å². The number of hydrogen-bond donors (Lipinski definition) is 1. The summed E-state index contributed by atoms with van der Waals surface area (Å²) < 4.78 is 26.3. The number of aromatic nitrogens is 1. The number of hydrogen-bond acceptors (Lipinski definition) is 6. The number of fused-ring (bicyclic) bond motifs is 1. The number of pyridine rings is 1. The van der Waals surface area contributed by atoms with E-state index in [0.29, 0.717) is 5.56 Å². The third-order valence-corrected chi connectivity index (χ3v) is 7.63.